The van der Waals surface area contributed by atoms with Crippen LogP contribution in [0.2, 0.25) is 0 Å². The molecule has 0 bridgehead atoms. The third-order valence-corrected chi connectivity index (χ3v) is 6.19. The minimum Gasteiger partial charge on any atom is -0.102 e. The minimum absolute atomic E-state index is 0.0294. The van der Waals surface area contributed by atoms with Crippen LogP contribution in [0.15, 0.2) is 67.3 Å². The molecule has 3 aromatic rings. The van der Waals surface area contributed by atoms with E-state index in [0.29, 0.717) is 5.92 Å². The Balaban J connectivity index is 1.91. The van der Waals surface area contributed by atoms with Gasteiger partial charge in [-0.1, -0.05) is 86.5 Å². The molecule has 0 amide bonds. The van der Waals surface area contributed by atoms with Crippen LogP contribution in [0, 0.1) is 13.8 Å². The summed E-state index contributed by atoms with van der Waals surface area (Å²) in [5.74, 6) is 0.334. The van der Waals surface area contributed by atoms with Crippen molar-refractivity contribution in [2.75, 3.05) is 0 Å². The molecule has 0 radical (unpaired) electrons. The lowest BCUT2D eigenvalue weighted by atomic mass is 9.80. The number of hydrogen-bond donors (Lipinski definition) is 0. The van der Waals surface area contributed by atoms with Crippen molar-refractivity contribution in [2.45, 2.75) is 46.0 Å². The predicted octanol–water partition coefficient (Wildman–Crippen LogP) is 7.57. The van der Waals surface area contributed by atoms with Crippen LogP contribution in [0.3, 0.4) is 0 Å². The van der Waals surface area contributed by atoms with E-state index in [-0.39, 0.29) is 5.41 Å². The first kappa shape index (κ1) is 17.8. The third-order valence-electron chi connectivity index (χ3n) is 6.19. The van der Waals surface area contributed by atoms with Gasteiger partial charge in [0.2, 0.25) is 0 Å². The zero-order valence-electron chi connectivity index (χ0n) is 17.1. The van der Waals surface area contributed by atoms with Gasteiger partial charge in [0.25, 0.3) is 0 Å². The van der Waals surface area contributed by atoms with Crippen LogP contribution in [0.5, 0.6) is 0 Å². The molecule has 1 unspecified atom stereocenters. The Kier molecular flexibility index (Phi) is 4.11. The monoisotopic (exact) mass is 352 g/mol. The zero-order chi connectivity index (χ0) is 19.3. The van der Waals surface area contributed by atoms with Gasteiger partial charge in [-0.3, -0.25) is 0 Å². The quantitative estimate of drug-likeness (QED) is 0.426. The smallest absolute Gasteiger partial charge is 0.0159 e. The first-order valence-corrected chi connectivity index (χ1v) is 9.82. The molecule has 0 aliphatic heterocycles. The van der Waals surface area contributed by atoms with Crippen LogP contribution >= 0.6 is 0 Å². The molecule has 1 atom stereocenters. The molecule has 0 nitrogen and oxygen atoms in total. The SMILES string of the molecule is C=CC(C)c1cc(C)ccc1-c1ccc2c(c1)C(C)(C)c1cc(C)ccc1-2. The molecule has 0 heteroatoms. The number of allylic oxidation sites excluding steroid dienone is 1. The van der Waals surface area contributed by atoms with Crippen LogP contribution in [-0.2, 0) is 5.41 Å². The fraction of sp³-hybridized carbons (Fsp3) is 0.259. The summed E-state index contributed by atoms with van der Waals surface area (Å²) in [5, 5.41) is 0. The van der Waals surface area contributed by atoms with E-state index in [4.69, 9.17) is 0 Å². The Bertz CT molecular complexity index is 1050. The molecular weight excluding hydrogens is 324 g/mol. The predicted molar refractivity (Wildman–Crippen MR) is 118 cm³/mol. The standard InChI is InChI=1S/C27H28/c1-7-19(4)24-14-17(2)8-11-21(24)20-10-13-23-22-12-9-18(3)15-25(22)27(5,6)26(23)16-20/h7-16,19H,1H2,2-6H3. The highest BCUT2D eigenvalue weighted by Gasteiger charge is 2.35. The summed E-state index contributed by atoms with van der Waals surface area (Å²) in [5.41, 5.74) is 12.3. The Morgan fingerprint density at radius 1 is 0.778 bits per heavy atom. The van der Waals surface area contributed by atoms with Crippen LogP contribution in [0.4, 0.5) is 0 Å². The second-order valence-corrected chi connectivity index (χ2v) is 8.55. The number of aryl methyl sites for hydroxylation is 2. The van der Waals surface area contributed by atoms with Crippen molar-refractivity contribution in [3.05, 3.63) is 95.1 Å². The first-order chi connectivity index (χ1) is 12.8. The van der Waals surface area contributed by atoms with Crippen LogP contribution < -0.4 is 0 Å². The number of benzene rings is 3. The summed E-state index contributed by atoms with van der Waals surface area (Å²) in [4.78, 5) is 0. The maximum atomic E-state index is 4.02. The number of rotatable bonds is 3. The van der Waals surface area contributed by atoms with Gasteiger partial charge in [-0.15, -0.1) is 6.58 Å². The van der Waals surface area contributed by atoms with Crippen molar-refractivity contribution < 1.29 is 0 Å². The maximum absolute atomic E-state index is 4.02. The van der Waals surface area contributed by atoms with Crippen molar-refractivity contribution in [1.82, 2.24) is 0 Å². The van der Waals surface area contributed by atoms with Crippen molar-refractivity contribution >= 4 is 0 Å². The van der Waals surface area contributed by atoms with E-state index in [9.17, 15) is 0 Å². The second-order valence-electron chi connectivity index (χ2n) is 8.55. The lowest BCUT2D eigenvalue weighted by Crippen LogP contribution is -2.15. The van der Waals surface area contributed by atoms with Gasteiger partial charge < -0.3 is 0 Å². The fourth-order valence-electron chi connectivity index (χ4n) is 4.47. The zero-order valence-corrected chi connectivity index (χ0v) is 17.1. The van der Waals surface area contributed by atoms with Crippen LogP contribution in [0.25, 0.3) is 22.3 Å². The summed E-state index contributed by atoms with van der Waals surface area (Å²) >= 11 is 0. The van der Waals surface area contributed by atoms with Gasteiger partial charge in [0, 0.05) is 5.41 Å². The largest absolute Gasteiger partial charge is 0.102 e. The molecule has 0 fully saturated rings. The molecule has 3 aromatic carbocycles. The lowest BCUT2D eigenvalue weighted by Gasteiger charge is -2.23. The average molecular weight is 353 g/mol. The molecule has 1 aliphatic rings. The second kappa shape index (κ2) is 6.23. The van der Waals surface area contributed by atoms with Gasteiger partial charge in [-0.25, -0.2) is 0 Å². The molecule has 0 N–H and O–H groups in total. The highest BCUT2D eigenvalue weighted by Crippen LogP contribution is 2.50. The summed E-state index contributed by atoms with van der Waals surface area (Å²) in [7, 11) is 0. The molecule has 27 heavy (non-hydrogen) atoms. The Hall–Kier alpha value is -2.60. The van der Waals surface area contributed by atoms with E-state index in [2.05, 4.69) is 95.8 Å². The van der Waals surface area contributed by atoms with E-state index in [1.165, 1.54) is 50.1 Å². The molecule has 0 spiro atoms. The van der Waals surface area contributed by atoms with E-state index in [0.717, 1.165) is 0 Å². The van der Waals surface area contributed by atoms with Gasteiger partial charge in [-0.2, -0.15) is 0 Å². The molecule has 0 saturated carbocycles. The fourth-order valence-corrected chi connectivity index (χ4v) is 4.47. The van der Waals surface area contributed by atoms with Gasteiger partial charge >= 0.3 is 0 Å². The average Bonchev–Trinajstić information content (AvgIpc) is 2.88. The van der Waals surface area contributed by atoms with Crippen molar-refractivity contribution in [1.29, 1.82) is 0 Å². The van der Waals surface area contributed by atoms with Gasteiger partial charge in [0.05, 0.1) is 0 Å². The lowest BCUT2D eigenvalue weighted by molar-refractivity contribution is 0.660. The van der Waals surface area contributed by atoms with Crippen LogP contribution in [0.1, 0.15) is 54.5 Å². The normalized spacial score (nSPS) is 15.1. The Morgan fingerprint density at radius 3 is 2.00 bits per heavy atom. The summed E-state index contributed by atoms with van der Waals surface area (Å²) in [6, 6.07) is 20.7. The van der Waals surface area contributed by atoms with Gasteiger partial charge in [-0.05, 0) is 64.8 Å². The van der Waals surface area contributed by atoms with E-state index in [1.54, 1.807) is 0 Å². The molecule has 1 aliphatic carbocycles. The molecule has 4 rings (SSSR count). The highest BCUT2D eigenvalue weighted by atomic mass is 14.4. The molecule has 0 aromatic heterocycles. The molecular formula is C27H28. The van der Waals surface area contributed by atoms with Gasteiger partial charge in [0.15, 0.2) is 0 Å². The minimum atomic E-state index is 0.0294. The number of hydrogen-bond acceptors (Lipinski definition) is 0. The third kappa shape index (κ3) is 2.75. The topological polar surface area (TPSA) is 0 Å². The van der Waals surface area contributed by atoms with E-state index < -0.39 is 0 Å². The Morgan fingerprint density at radius 2 is 1.33 bits per heavy atom. The summed E-state index contributed by atoms with van der Waals surface area (Å²) in [6.07, 6.45) is 2.04. The molecule has 0 saturated heterocycles. The number of fused-ring (bicyclic) bond motifs is 3. The summed E-state index contributed by atoms with van der Waals surface area (Å²) in [6.45, 7) is 15.3. The summed E-state index contributed by atoms with van der Waals surface area (Å²) < 4.78 is 0. The van der Waals surface area contributed by atoms with Crippen molar-refractivity contribution in [2.24, 2.45) is 0 Å². The highest BCUT2D eigenvalue weighted by molar-refractivity contribution is 5.84. The Labute approximate surface area is 163 Å². The van der Waals surface area contributed by atoms with Crippen molar-refractivity contribution in [3.63, 3.8) is 0 Å². The first-order valence-electron chi connectivity index (χ1n) is 9.82. The van der Waals surface area contributed by atoms with E-state index >= 15 is 0 Å². The van der Waals surface area contributed by atoms with Crippen LogP contribution in [-0.4, -0.2) is 0 Å². The van der Waals surface area contributed by atoms with Gasteiger partial charge in [0.1, 0.15) is 0 Å². The molecule has 136 valence electrons. The maximum Gasteiger partial charge on any atom is 0.0159 e. The molecule has 0 heterocycles. The van der Waals surface area contributed by atoms with E-state index in [1.807, 2.05) is 6.08 Å². The van der Waals surface area contributed by atoms with Crippen molar-refractivity contribution in [3.8, 4) is 22.3 Å².